The average Bonchev–Trinajstić information content (AvgIpc) is 3.31. The van der Waals surface area contributed by atoms with E-state index in [0.29, 0.717) is 16.7 Å². The van der Waals surface area contributed by atoms with Crippen molar-refractivity contribution in [3.8, 4) is 0 Å². The van der Waals surface area contributed by atoms with Gasteiger partial charge in [-0.3, -0.25) is 4.79 Å². The lowest BCUT2D eigenvalue weighted by Crippen LogP contribution is -2.23. The predicted molar refractivity (Wildman–Crippen MR) is 103 cm³/mol. The number of rotatable bonds is 7. The van der Waals surface area contributed by atoms with Crippen LogP contribution >= 0.6 is 11.3 Å². The molecule has 0 saturated heterocycles. The molecule has 2 aromatic rings. The molecule has 0 bridgehead atoms. The number of anilines is 1. The van der Waals surface area contributed by atoms with Crippen molar-refractivity contribution in [2.75, 3.05) is 11.9 Å². The summed E-state index contributed by atoms with van der Waals surface area (Å²) in [5, 5.41) is 23.7. The van der Waals surface area contributed by atoms with Gasteiger partial charge in [-0.1, -0.05) is 55.5 Å². The number of carbonyl (C=O) groups excluding carboxylic acids is 1. The first-order chi connectivity index (χ1) is 12.6. The highest BCUT2D eigenvalue weighted by atomic mass is 32.1. The second-order valence-corrected chi connectivity index (χ2v) is 7.97. The summed E-state index contributed by atoms with van der Waals surface area (Å²) < 4.78 is 0. The van der Waals surface area contributed by atoms with E-state index in [2.05, 4.69) is 10.3 Å². The van der Waals surface area contributed by atoms with Gasteiger partial charge in [0.05, 0.1) is 18.2 Å². The molecule has 6 heteroatoms. The first-order valence-electron chi connectivity index (χ1n) is 9.18. The molecule has 140 valence electrons. The highest BCUT2D eigenvalue weighted by Gasteiger charge is 2.27. The van der Waals surface area contributed by atoms with Gasteiger partial charge < -0.3 is 15.5 Å². The maximum atomic E-state index is 13.0. The van der Waals surface area contributed by atoms with Gasteiger partial charge in [0.2, 0.25) is 5.91 Å². The number of aromatic nitrogens is 1. The molecular weight excluding hydrogens is 348 g/mol. The zero-order valence-electron chi connectivity index (χ0n) is 15.0. The monoisotopic (exact) mass is 374 g/mol. The molecule has 1 amide bonds. The summed E-state index contributed by atoms with van der Waals surface area (Å²) in [5.41, 5.74) is 2.60. The minimum Gasteiger partial charge on any atom is -0.393 e. The normalized spacial score (nSPS) is 17.2. The lowest BCUT2D eigenvalue weighted by Gasteiger charge is -2.20. The molecule has 1 unspecified atom stereocenters. The number of aryl methyl sites for hydroxylation is 1. The fraction of sp³-hybridized carbons (Fsp3) is 0.500. The Morgan fingerprint density at radius 3 is 2.65 bits per heavy atom. The molecule has 1 aromatic carbocycles. The van der Waals surface area contributed by atoms with Crippen LogP contribution in [0.4, 0.5) is 5.13 Å². The number of hydrogen-bond donors (Lipinski definition) is 3. The number of thiazole rings is 1. The van der Waals surface area contributed by atoms with E-state index in [1.807, 2.05) is 31.2 Å². The number of hydrogen-bond acceptors (Lipinski definition) is 5. The van der Waals surface area contributed by atoms with Crippen LogP contribution < -0.4 is 5.32 Å². The van der Waals surface area contributed by atoms with E-state index in [0.717, 1.165) is 12.0 Å². The maximum Gasteiger partial charge on any atom is 0.233 e. The van der Waals surface area contributed by atoms with Crippen molar-refractivity contribution < 1.29 is 15.0 Å². The predicted octanol–water partition coefficient (Wildman–Crippen LogP) is 3.78. The molecule has 3 N–H and O–H groups in total. The number of benzene rings is 1. The van der Waals surface area contributed by atoms with Crippen molar-refractivity contribution >= 4 is 22.4 Å². The Morgan fingerprint density at radius 1 is 1.31 bits per heavy atom. The standard InChI is InChI=1S/C20H26N2O3S/c1-13-6-8-15(9-7-13)16(10-14-4-2-3-5-14)19(25)22-20-21-17(12-26-20)18(24)11-23/h6-9,12,14,16,18,23-24H,2-5,10-11H2,1H3,(H,21,22,25)/t16-,18?/m1/s1. The molecule has 1 aromatic heterocycles. The van der Waals surface area contributed by atoms with Crippen LogP contribution in [0.1, 0.15) is 60.9 Å². The number of nitrogens with zero attached hydrogens (tertiary/aromatic N) is 1. The van der Waals surface area contributed by atoms with Gasteiger partial charge >= 0.3 is 0 Å². The zero-order valence-corrected chi connectivity index (χ0v) is 15.8. The molecule has 1 fully saturated rings. The first-order valence-corrected chi connectivity index (χ1v) is 10.1. The second kappa shape index (κ2) is 8.75. The van der Waals surface area contributed by atoms with E-state index in [1.165, 1.54) is 42.6 Å². The Kier molecular flexibility index (Phi) is 6.40. The molecule has 26 heavy (non-hydrogen) atoms. The number of aliphatic hydroxyl groups is 2. The highest BCUT2D eigenvalue weighted by Crippen LogP contribution is 2.35. The Balaban J connectivity index is 1.75. The van der Waals surface area contributed by atoms with E-state index in [4.69, 9.17) is 5.11 Å². The molecule has 1 aliphatic rings. The van der Waals surface area contributed by atoms with Gasteiger partial charge in [-0.2, -0.15) is 0 Å². The van der Waals surface area contributed by atoms with Crippen molar-refractivity contribution in [2.24, 2.45) is 5.92 Å². The quantitative estimate of drug-likeness (QED) is 0.689. The van der Waals surface area contributed by atoms with E-state index in [-0.39, 0.29) is 18.4 Å². The molecular formula is C20H26N2O3S. The molecule has 5 nitrogen and oxygen atoms in total. The average molecular weight is 375 g/mol. The SMILES string of the molecule is Cc1ccc([C@@H](CC2CCCC2)C(=O)Nc2nc(C(O)CO)cs2)cc1. The Hall–Kier alpha value is -1.76. The molecule has 3 rings (SSSR count). The van der Waals surface area contributed by atoms with Crippen molar-refractivity contribution in [1.82, 2.24) is 4.98 Å². The van der Waals surface area contributed by atoms with Crippen LogP contribution in [-0.2, 0) is 4.79 Å². The first kappa shape index (κ1) is 19.0. The van der Waals surface area contributed by atoms with Crippen molar-refractivity contribution in [3.63, 3.8) is 0 Å². The molecule has 1 heterocycles. The number of nitrogens with one attached hydrogen (secondary N) is 1. The number of aliphatic hydroxyl groups excluding tert-OH is 2. The Morgan fingerprint density at radius 2 is 2.00 bits per heavy atom. The van der Waals surface area contributed by atoms with Gasteiger partial charge in [-0.25, -0.2) is 4.98 Å². The van der Waals surface area contributed by atoms with Crippen LogP contribution in [0.2, 0.25) is 0 Å². The van der Waals surface area contributed by atoms with Crippen LogP contribution in [0.5, 0.6) is 0 Å². The summed E-state index contributed by atoms with van der Waals surface area (Å²) in [6.07, 6.45) is 4.73. The van der Waals surface area contributed by atoms with Crippen molar-refractivity contribution in [1.29, 1.82) is 0 Å². The lowest BCUT2D eigenvalue weighted by atomic mass is 9.87. The van der Waals surface area contributed by atoms with Gasteiger partial charge in [0.25, 0.3) is 0 Å². The molecule has 1 saturated carbocycles. The fourth-order valence-corrected chi connectivity index (χ4v) is 4.32. The topological polar surface area (TPSA) is 82.5 Å². The third kappa shape index (κ3) is 4.69. The zero-order chi connectivity index (χ0) is 18.5. The number of amides is 1. The van der Waals surface area contributed by atoms with E-state index in [9.17, 15) is 9.90 Å². The summed E-state index contributed by atoms with van der Waals surface area (Å²) in [5.74, 6) is 0.337. The summed E-state index contributed by atoms with van der Waals surface area (Å²) in [7, 11) is 0. The van der Waals surface area contributed by atoms with Gasteiger partial charge in [0.15, 0.2) is 5.13 Å². The minimum atomic E-state index is -1.01. The minimum absolute atomic E-state index is 0.0554. The van der Waals surface area contributed by atoms with E-state index < -0.39 is 6.10 Å². The van der Waals surface area contributed by atoms with E-state index in [1.54, 1.807) is 5.38 Å². The van der Waals surface area contributed by atoms with E-state index >= 15 is 0 Å². The summed E-state index contributed by atoms with van der Waals surface area (Å²) in [6.45, 7) is 1.66. The molecule has 0 radical (unpaired) electrons. The van der Waals surface area contributed by atoms with Gasteiger partial charge in [-0.05, 0) is 24.8 Å². The largest absolute Gasteiger partial charge is 0.393 e. The van der Waals surface area contributed by atoms with Crippen LogP contribution in [0.25, 0.3) is 0 Å². The Bertz CT molecular complexity index is 723. The summed E-state index contributed by atoms with van der Waals surface area (Å²) >= 11 is 1.27. The smallest absolute Gasteiger partial charge is 0.233 e. The third-order valence-electron chi connectivity index (χ3n) is 5.11. The third-order valence-corrected chi connectivity index (χ3v) is 5.88. The van der Waals surface area contributed by atoms with Crippen LogP contribution in [0.15, 0.2) is 29.6 Å². The highest BCUT2D eigenvalue weighted by molar-refractivity contribution is 7.13. The van der Waals surface area contributed by atoms with Crippen molar-refractivity contribution in [2.45, 2.75) is 51.0 Å². The van der Waals surface area contributed by atoms with Gasteiger partial charge in [0.1, 0.15) is 6.10 Å². The van der Waals surface area contributed by atoms with Crippen LogP contribution in [0.3, 0.4) is 0 Å². The van der Waals surface area contributed by atoms with Crippen LogP contribution in [0, 0.1) is 12.8 Å². The number of carbonyl (C=O) groups is 1. The van der Waals surface area contributed by atoms with Gasteiger partial charge in [0, 0.05) is 5.38 Å². The second-order valence-electron chi connectivity index (χ2n) is 7.11. The van der Waals surface area contributed by atoms with Gasteiger partial charge in [-0.15, -0.1) is 11.3 Å². The molecule has 0 spiro atoms. The van der Waals surface area contributed by atoms with Crippen LogP contribution in [-0.4, -0.2) is 27.7 Å². The molecule has 2 atom stereocenters. The Labute approximate surface area is 158 Å². The fourth-order valence-electron chi connectivity index (χ4n) is 3.56. The molecule has 0 aliphatic heterocycles. The summed E-state index contributed by atoms with van der Waals surface area (Å²) in [6, 6.07) is 8.17. The molecule has 1 aliphatic carbocycles. The maximum absolute atomic E-state index is 13.0. The summed E-state index contributed by atoms with van der Waals surface area (Å²) in [4.78, 5) is 17.2. The lowest BCUT2D eigenvalue weighted by molar-refractivity contribution is -0.118. The van der Waals surface area contributed by atoms with Crippen molar-refractivity contribution in [3.05, 3.63) is 46.5 Å².